The third-order valence-electron chi connectivity index (χ3n) is 2.84. The molecule has 0 radical (unpaired) electrons. The highest BCUT2D eigenvalue weighted by atomic mass is 35.5. The Labute approximate surface area is 133 Å². The fraction of sp³-hybridized carbons (Fsp3) is 0.133. The quantitative estimate of drug-likeness (QED) is 0.919. The lowest BCUT2D eigenvalue weighted by Crippen LogP contribution is -2.16. The Hall–Kier alpha value is -1.79. The van der Waals surface area contributed by atoms with Gasteiger partial charge in [0.15, 0.2) is 0 Å². The number of carbonyl (C=O) groups excluding carboxylic acids is 1. The van der Waals surface area contributed by atoms with Crippen LogP contribution in [-0.4, -0.2) is 16.4 Å². The van der Waals surface area contributed by atoms with Gasteiger partial charge in [-0.25, -0.2) is 8.78 Å². The minimum absolute atomic E-state index is 0.206. The van der Waals surface area contributed by atoms with E-state index in [4.69, 9.17) is 11.6 Å². The van der Waals surface area contributed by atoms with Crippen LogP contribution in [0.15, 0.2) is 36.4 Å². The number of nitrogens with one attached hydrogen (secondary N) is 1. The van der Waals surface area contributed by atoms with Crippen LogP contribution in [0, 0.1) is 11.6 Å². The normalized spacial score (nSPS) is 12.0. The van der Waals surface area contributed by atoms with Crippen LogP contribution < -0.4 is 5.32 Å². The molecule has 3 nitrogen and oxygen atoms in total. The Morgan fingerprint density at radius 1 is 1.23 bits per heavy atom. The molecule has 22 heavy (non-hydrogen) atoms. The van der Waals surface area contributed by atoms with Crippen LogP contribution in [0.4, 0.5) is 14.5 Å². The van der Waals surface area contributed by atoms with Gasteiger partial charge in [-0.05, 0) is 29.8 Å². The third-order valence-corrected chi connectivity index (χ3v) is 3.91. The zero-order valence-electron chi connectivity index (χ0n) is 11.5. The molecule has 2 aromatic rings. The Kier molecular flexibility index (Phi) is 5.26. The molecule has 2 rings (SSSR count). The standard InChI is InChI=1S/C15H12ClF2NO2S/c1-22(21)8-9-5-6-10(16)13(7-9)19-15(20)14-11(17)3-2-4-12(14)18/h2-7H,8H2,1H3,(H,19,20). The molecule has 0 heterocycles. The van der Waals surface area contributed by atoms with Crippen LogP contribution >= 0.6 is 11.6 Å². The summed E-state index contributed by atoms with van der Waals surface area (Å²) < 4.78 is 38.4. The minimum atomic E-state index is -1.06. The van der Waals surface area contributed by atoms with Crippen LogP contribution in [-0.2, 0) is 16.6 Å². The molecule has 7 heteroatoms. The molecule has 1 unspecified atom stereocenters. The van der Waals surface area contributed by atoms with E-state index in [1.807, 2.05) is 0 Å². The van der Waals surface area contributed by atoms with Gasteiger partial charge in [-0.15, -0.1) is 0 Å². The zero-order valence-corrected chi connectivity index (χ0v) is 13.1. The molecule has 116 valence electrons. The van der Waals surface area contributed by atoms with Crippen LogP contribution in [0.2, 0.25) is 5.02 Å². The lowest BCUT2D eigenvalue weighted by atomic mass is 10.1. The largest absolute Gasteiger partial charge is 0.320 e. The summed E-state index contributed by atoms with van der Waals surface area (Å²) in [4.78, 5) is 12.0. The molecule has 0 aliphatic rings. The molecule has 1 atom stereocenters. The molecule has 0 saturated heterocycles. The number of hydrogen-bond acceptors (Lipinski definition) is 2. The molecule has 0 saturated carbocycles. The van der Waals surface area contributed by atoms with Crippen LogP contribution in [0.3, 0.4) is 0 Å². The second-order valence-corrected chi connectivity index (χ2v) is 6.42. The third kappa shape index (κ3) is 3.90. The number of halogens is 3. The van der Waals surface area contributed by atoms with Gasteiger partial charge in [0.2, 0.25) is 0 Å². The Morgan fingerprint density at radius 2 is 1.86 bits per heavy atom. The second kappa shape index (κ2) is 6.98. The molecule has 0 aliphatic carbocycles. The van der Waals surface area contributed by atoms with Crippen molar-refractivity contribution in [3.8, 4) is 0 Å². The maximum Gasteiger partial charge on any atom is 0.261 e. The summed E-state index contributed by atoms with van der Waals surface area (Å²) in [6.07, 6.45) is 1.54. The van der Waals surface area contributed by atoms with Crippen molar-refractivity contribution in [2.24, 2.45) is 0 Å². The van der Waals surface area contributed by atoms with E-state index >= 15 is 0 Å². The fourth-order valence-electron chi connectivity index (χ4n) is 1.89. The average molecular weight is 344 g/mol. The monoisotopic (exact) mass is 343 g/mol. The maximum absolute atomic E-state index is 13.6. The van der Waals surface area contributed by atoms with Crippen molar-refractivity contribution in [1.82, 2.24) is 0 Å². The van der Waals surface area contributed by atoms with Crippen LogP contribution in [0.5, 0.6) is 0 Å². The van der Waals surface area contributed by atoms with E-state index in [1.165, 1.54) is 18.2 Å². The molecule has 0 spiro atoms. The van der Waals surface area contributed by atoms with Crippen molar-refractivity contribution in [3.05, 3.63) is 64.2 Å². The van der Waals surface area contributed by atoms with Gasteiger partial charge in [0.1, 0.15) is 17.2 Å². The Morgan fingerprint density at radius 3 is 2.45 bits per heavy atom. The van der Waals surface area contributed by atoms with E-state index in [2.05, 4.69) is 5.32 Å². The van der Waals surface area contributed by atoms with Crippen LogP contribution in [0.25, 0.3) is 0 Å². The van der Waals surface area contributed by atoms with Crippen molar-refractivity contribution in [2.45, 2.75) is 5.75 Å². The summed E-state index contributed by atoms with van der Waals surface area (Å²) >= 11 is 5.97. The highest BCUT2D eigenvalue weighted by molar-refractivity contribution is 7.83. The molecule has 0 aromatic heterocycles. The topological polar surface area (TPSA) is 46.2 Å². The lowest BCUT2D eigenvalue weighted by Gasteiger charge is -2.10. The molecular weight excluding hydrogens is 332 g/mol. The van der Waals surface area contributed by atoms with Gasteiger partial charge in [0, 0.05) is 22.8 Å². The summed E-state index contributed by atoms with van der Waals surface area (Å²) in [5.74, 6) is -2.57. The number of anilines is 1. The van der Waals surface area contributed by atoms with E-state index < -0.39 is 33.9 Å². The first-order valence-electron chi connectivity index (χ1n) is 6.22. The second-order valence-electron chi connectivity index (χ2n) is 4.58. The van der Waals surface area contributed by atoms with Gasteiger partial charge in [-0.1, -0.05) is 23.7 Å². The first-order chi connectivity index (χ1) is 10.4. The van der Waals surface area contributed by atoms with Gasteiger partial charge in [-0.2, -0.15) is 0 Å². The summed E-state index contributed by atoms with van der Waals surface area (Å²) in [5, 5.41) is 2.59. The molecule has 0 aliphatic heterocycles. The van der Waals surface area contributed by atoms with E-state index in [-0.39, 0.29) is 16.5 Å². The maximum atomic E-state index is 13.6. The van der Waals surface area contributed by atoms with Gasteiger partial charge < -0.3 is 5.32 Å². The molecule has 2 aromatic carbocycles. The van der Waals surface area contributed by atoms with E-state index in [0.717, 1.165) is 12.1 Å². The number of amides is 1. The first kappa shape index (κ1) is 16.6. The predicted octanol–water partition coefficient (Wildman–Crippen LogP) is 3.75. The number of rotatable bonds is 4. The summed E-state index contributed by atoms with van der Waals surface area (Å²) in [6, 6.07) is 7.89. The molecular formula is C15H12ClF2NO2S. The van der Waals surface area contributed by atoms with Gasteiger partial charge in [-0.3, -0.25) is 9.00 Å². The van der Waals surface area contributed by atoms with Gasteiger partial charge >= 0.3 is 0 Å². The highest BCUT2D eigenvalue weighted by Gasteiger charge is 2.18. The number of benzene rings is 2. The Balaban J connectivity index is 2.30. The smallest absolute Gasteiger partial charge is 0.261 e. The van der Waals surface area contributed by atoms with E-state index in [0.29, 0.717) is 5.56 Å². The predicted molar refractivity (Wildman–Crippen MR) is 83.5 cm³/mol. The summed E-state index contributed by atoms with van der Waals surface area (Å²) in [5.41, 5.74) is 0.217. The number of hydrogen-bond donors (Lipinski definition) is 1. The summed E-state index contributed by atoms with van der Waals surface area (Å²) in [7, 11) is -1.06. The minimum Gasteiger partial charge on any atom is -0.320 e. The fourth-order valence-corrected chi connectivity index (χ4v) is 2.71. The van der Waals surface area contributed by atoms with Gasteiger partial charge in [0.25, 0.3) is 5.91 Å². The van der Waals surface area contributed by atoms with Gasteiger partial charge in [0.05, 0.1) is 10.7 Å². The van der Waals surface area contributed by atoms with E-state index in [9.17, 15) is 17.8 Å². The van der Waals surface area contributed by atoms with Crippen molar-refractivity contribution in [2.75, 3.05) is 11.6 Å². The molecule has 1 amide bonds. The highest BCUT2D eigenvalue weighted by Crippen LogP contribution is 2.25. The van der Waals surface area contributed by atoms with Crippen molar-refractivity contribution < 1.29 is 17.8 Å². The summed E-state index contributed by atoms with van der Waals surface area (Å²) in [6.45, 7) is 0. The van der Waals surface area contributed by atoms with Crippen LogP contribution in [0.1, 0.15) is 15.9 Å². The molecule has 0 bridgehead atoms. The SMILES string of the molecule is CS(=O)Cc1ccc(Cl)c(NC(=O)c2c(F)cccc2F)c1. The average Bonchev–Trinajstić information content (AvgIpc) is 2.41. The van der Waals surface area contributed by atoms with Crippen molar-refractivity contribution in [3.63, 3.8) is 0 Å². The molecule has 0 fully saturated rings. The molecule has 1 N–H and O–H groups in total. The Bertz CT molecular complexity index is 732. The number of carbonyl (C=O) groups is 1. The first-order valence-corrected chi connectivity index (χ1v) is 8.33. The zero-order chi connectivity index (χ0) is 16.3. The lowest BCUT2D eigenvalue weighted by molar-refractivity contribution is 0.101. The van der Waals surface area contributed by atoms with E-state index in [1.54, 1.807) is 12.3 Å². The van der Waals surface area contributed by atoms with Crippen molar-refractivity contribution >= 4 is 34.0 Å². The van der Waals surface area contributed by atoms with Crippen molar-refractivity contribution in [1.29, 1.82) is 0 Å².